The first kappa shape index (κ1) is 11.7. The van der Waals surface area contributed by atoms with Gasteiger partial charge in [0.15, 0.2) is 0 Å². The summed E-state index contributed by atoms with van der Waals surface area (Å²) in [5.74, 6) is 0.470. The average Bonchev–Trinajstić information content (AvgIpc) is 2.92. The Balaban J connectivity index is 1.90. The second kappa shape index (κ2) is 4.50. The van der Waals surface area contributed by atoms with Crippen LogP contribution in [0.3, 0.4) is 0 Å². The van der Waals surface area contributed by atoms with Crippen molar-refractivity contribution in [1.82, 2.24) is 9.88 Å². The number of hydrogen-bond acceptors (Lipinski definition) is 1. The van der Waals surface area contributed by atoms with E-state index < -0.39 is 0 Å². The van der Waals surface area contributed by atoms with Crippen molar-refractivity contribution in [2.75, 3.05) is 13.6 Å². The summed E-state index contributed by atoms with van der Waals surface area (Å²) in [6.45, 7) is 2.13. The molecule has 4 rings (SSSR count). The van der Waals surface area contributed by atoms with E-state index in [2.05, 4.69) is 65.5 Å². The summed E-state index contributed by atoms with van der Waals surface area (Å²) >= 11 is 0. The van der Waals surface area contributed by atoms with Gasteiger partial charge in [0.05, 0.1) is 0 Å². The van der Waals surface area contributed by atoms with Crippen LogP contribution in [0.2, 0.25) is 0 Å². The van der Waals surface area contributed by atoms with Crippen LogP contribution < -0.4 is 0 Å². The van der Waals surface area contributed by atoms with Crippen LogP contribution in [0.1, 0.15) is 22.6 Å². The van der Waals surface area contributed by atoms with E-state index in [1.165, 1.54) is 27.6 Å². The van der Waals surface area contributed by atoms with Crippen LogP contribution in [-0.2, 0) is 6.54 Å². The lowest BCUT2D eigenvalue weighted by atomic mass is 9.84. The smallest absolute Gasteiger partial charge is 0.0457 e. The molecule has 0 spiro atoms. The Labute approximate surface area is 119 Å². The molecule has 0 radical (unpaired) electrons. The third-order valence-corrected chi connectivity index (χ3v) is 4.32. The number of benzene rings is 2. The molecule has 0 aliphatic carbocycles. The Bertz CT molecular complexity index is 742. The molecule has 0 fully saturated rings. The van der Waals surface area contributed by atoms with E-state index in [1.807, 2.05) is 6.20 Å². The molecule has 20 heavy (non-hydrogen) atoms. The topological polar surface area (TPSA) is 19.0 Å². The molecule has 1 atom stereocenters. The quantitative estimate of drug-likeness (QED) is 0.707. The lowest BCUT2D eigenvalue weighted by molar-refractivity contribution is 0.295. The first-order chi connectivity index (χ1) is 9.81. The molecule has 2 aromatic carbocycles. The van der Waals surface area contributed by atoms with Crippen LogP contribution in [0.25, 0.3) is 10.9 Å². The van der Waals surface area contributed by atoms with Gasteiger partial charge < -0.3 is 9.88 Å². The molecule has 100 valence electrons. The third-order valence-electron chi connectivity index (χ3n) is 4.32. The molecular weight excluding hydrogens is 244 g/mol. The zero-order valence-corrected chi connectivity index (χ0v) is 11.6. The van der Waals surface area contributed by atoms with Gasteiger partial charge in [0.2, 0.25) is 0 Å². The standard InChI is InChI=1S/C18H18N2/c1-20-11-15-9-14-7-8-19-18(14)10-16(15)17(12-20)13-5-3-2-4-6-13/h2-10,17,19H,11-12H2,1H3. The first-order valence-corrected chi connectivity index (χ1v) is 7.14. The number of nitrogens with zero attached hydrogens (tertiary/aromatic N) is 1. The predicted molar refractivity (Wildman–Crippen MR) is 82.9 cm³/mol. The zero-order chi connectivity index (χ0) is 13.5. The molecule has 2 heterocycles. The SMILES string of the molecule is CN1Cc2cc3cc[nH]c3cc2C(c2ccccc2)C1. The van der Waals surface area contributed by atoms with Gasteiger partial charge >= 0.3 is 0 Å². The van der Waals surface area contributed by atoms with E-state index in [1.54, 1.807) is 0 Å². The van der Waals surface area contributed by atoms with Crippen molar-refractivity contribution in [3.05, 3.63) is 71.4 Å². The van der Waals surface area contributed by atoms with Gasteiger partial charge in [-0.2, -0.15) is 0 Å². The van der Waals surface area contributed by atoms with Gasteiger partial charge in [-0.05, 0) is 47.3 Å². The zero-order valence-electron chi connectivity index (χ0n) is 11.6. The van der Waals surface area contributed by atoms with Crippen LogP contribution in [0.5, 0.6) is 0 Å². The fourth-order valence-corrected chi connectivity index (χ4v) is 3.36. The van der Waals surface area contributed by atoms with Crippen LogP contribution in [0.4, 0.5) is 0 Å². The minimum Gasteiger partial charge on any atom is -0.361 e. The molecule has 2 heteroatoms. The molecule has 1 unspecified atom stereocenters. The van der Waals surface area contributed by atoms with E-state index in [-0.39, 0.29) is 0 Å². The second-order valence-corrected chi connectivity index (χ2v) is 5.78. The van der Waals surface area contributed by atoms with Crippen LogP contribution in [-0.4, -0.2) is 23.5 Å². The van der Waals surface area contributed by atoms with E-state index in [4.69, 9.17) is 0 Å². The average molecular weight is 262 g/mol. The number of aromatic nitrogens is 1. The minimum atomic E-state index is 0.470. The molecule has 1 aliphatic rings. The Kier molecular flexibility index (Phi) is 2.64. The van der Waals surface area contributed by atoms with E-state index in [0.29, 0.717) is 5.92 Å². The van der Waals surface area contributed by atoms with Crippen molar-refractivity contribution in [2.24, 2.45) is 0 Å². The molecule has 3 aromatic rings. The lowest BCUT2D eigenvalue weighted by Gasteiger charge is -2.32. The van der Waals surface area contributed by atoms with Crippen LogP contribution in [0.15, 0.2) is 54.7 Å². The van der Waals surface area contributed by atoms with Crippen molar-refractivity contribution < 1.29 is 0 Å². The number of rotatable bonds is 1. The van der Waals surface area contributed by atoms with Gasteiger partial charge in [-0.15, -0.1) is 0 Å². The van der Waals surface area contributed by atoms with Gasteiger partial charge in [0, 0.05) is 30.7 Å². The fourth-order valence-electron chi connectivity index (χ4n) is 3.36. The van der Waals surface area contributed by atoms with Gasteiger partial charge in [0.25, 0.3) is 0 Å². The maximum Gasteiger partial charge on any atom is 0.0457 e. The Morgan fingerprint density at radius 2 is 1.95 bits per heavy atom. The number of nitrogens with one attached hydrogen (secondary N) is 1. The fraction of sp³-hybridized carbons (Fsp3) is 0.222. The molecule has 0 amide bonds. The van der Waals surface area contributed by atoms with Gasteiger partial charge in [-0.25, -0.2) is 0 Å². The highest BCUT2D eigenvalue weighted by molar-refractivity contribution is 5.81. The van der Waals surface area contributed by atoms with Gasteiger partial charge in [-0.1, -0.05) is 30.3 Å². The summed E-state index contributed by atoms with van der Waals surface area (Å²) in [6, 6.07) is 17.7. The summed E-state index contributed by atoms with van der Waals surface area (Å²) in [5, 5.41) is 1.31. The summed E-state index contributed by atoms with van der Waals surface area (Å²) in [4.78, 5) is 5.75. The highest BCUT2D eigenvalue weighted by Crippen LogP contribution is 2.35. The molecule has 0 saturated carbocycles. The van der Waals surface area contributed by atoms with Crippen molar-refractivity contribution >= 4 is 10.9 Å². The molecule has 1 aromatic heterocycles. The van der Waals surface area contributed by atoms with E-state index in [0.717, 1.165) is 13.1 Å². The summed E-state index contributed by atoms with van der Waals surface area (Å²) in [6.07, 6.45) is 2.03. The highest BCUT2D eigenvalue weighted by Gasteiger charge is 2.25. The van der Waals surface area contributed by atoms with Crippen molar-refractivity contribution in [2.45, 2.75) is 12.5 Å². The monoisotopic (exact) mass is 262 g/mol. The highest BCUT2D eigenvalue weighted by atomic mass is 15.1. The molecule has 0 saturated heterocycles. The largest absolute Gasteiger partial charge is 0.361 e. The Hall–Kier alpha value is -2.06. The maximum atomic E-state index is 3.34. The van der Waals surface area contributed by atoms with Crippen molar-refractivity contribution in [3.8, 4) is 0 Å². The number of likely N-dealkylation sites (N-methyl/N-ethyl adjacent to an activating group) is 1. The molecule has 1 N–H and O–H groups in total. The number of fused-ring (bicyclic) bond motifs is 2. The number of aromatic amines is 1. The minimum absolute atomic E-state index is 0.470. The Morgan fingerprint density at radius 3 is 2.80 bits per heavy atom. The van der Waals surface area contributed by atoms with Crippen LogP contribution >= 0.6 is 0 Å². The lowest BCUT2D eigenvalue weighted by Crippen LogP contribution is -2.30. The van der Waals surface area contributed by atoms with E-state index >= 15 is 0 Å². The molecule has 0 bridgehead atoms. The van der Waals surface area contributed by atoms with Crippen molar-refractivity contribution in [1.29, 1.82) is 0 Å². The first-order valence-electron chi connectivity index (χ1n) is 7.14. The maximum absolute atomic E-state index is 3.34. The predicted octanol–water partition coefficient (Wildman–Crippen LogP) is 3.75. The second-order valence-electron chi connectivity index (χ2n) is 5.78. The summed E-state index contributed by atoms with van der Waals surface area (Å²) < 4.78 is 0. The third kappa shape index (κ3) is 1.84. The number of hydrogen-bond donors (Lipinski definition) is 1. The Morgan fingerprint density at radius 1 is 1.10 bits per heavy atom. The summed E-state index contributed by atoms with van der Waals surface area (Å²) in [7, 11) is 2.21. The molecule has 1 aliphatic heterocycles. The number of H-pyrrole nitrogens is 1. The molecule has 2 nitrogen and oxygen atoms in total. The van der Waals surface area contributed by atoms with Crippen molar-refractivity contribution in [3.63, 3.8) is 0 Å². The van der Waals surface area contributed by atoms with Gasteiger partial charge in [0.1, 0.15) is 0 Å². The summed E-state index contributed by atoms with van der Waals surface area (Å²) in [5.41, 5.74) is 5.59. The molecular formula is C18H18N2. The van der Waals surface area contributed by atoms with Gasteiger partial charge in [-0.3, -0.25) is 0 Å². The normalized spacial score (nSPS) is 19.1. The van der Waals surface area contributed by atoms with Crippen LogP contribution in [0, 0.1) is 0 Å². The van der Waals surface area contributed by atoms with E-state index in [9.17, 15) is 0 Å².